The molecule has 1 aromatic carbocycles. The Balaban J connectivity index is 0.00000196. The molecule has 1 fully saturated rings. The maximum absolute atomic E-state index is 12.7. The second-order valence-corrected chi connectivity index (χ2v) is 7.07. The molecule has 1 aliphatic heterocycles. The number of rotatable bonds is 4. The van der Waals surface area contributed by atoms with E-state index < -0.39 is 6.10 Å². The highest BCUT2D eigenvalue weighted by Gasteiger charge is 2.29. The monoisotopic (exact) mass is 376 g/mol. The Hall–Kier alpha value is -1.89. The van der Waals surface area contributed by atoms with Crippen LogP contribution in [-0.4, -0.2) is 46.5 Å². The summed E-state index contributed by atoms with van der Waals surface area (Å²) < 4.78 is 1.92. The summed E-state index contributed by atoms with van der Waals surface area (Å²) in [6.07, 6.45) is 2.52. The molecule has 2 atom stereocenters. The molecule has 140 valence electrons. The lowest BCUT2D eigenvalue weighted by molar-refractivity contribution is 0.0921. The van der Waals surface area contributed by atoms with Crippen molar-refractivity contribution in [2.45, 2.75) is 32.3 Å². The number of β-amino-alcohol motifs (C(OH)–C–C–N with tert-alkyl or cyclic N) is 1. The second-order valence-electron chi connectivity index (χ2n) is 7.07. The Morgan fingerprint density at radius 3 is 2.77 bits per heavy atom. The van der Waals surface area contributed by atoms with Crippen molar-refractivity contribution >= 4 is 18.3 Å². The number of hydrogen-bond acceptors (Lipinski definition) is 4. The fourth-order valence-electron chi connectivity index (χ4n) is 3.75. The number of aromatic nitrogens is 2. The summed E-state index contributed by atoms with van der Waals surface area (Å²) in [6.45, 7) is 3.86. The van der Waals surface area contributed by atoms with Gasteiger partial charge in [0.1, 0.15) is 0 Å². The highest BCUT2D eigenvalue weighted by Crippen LogP contribution is 2.28. The standard InChI is InChI=1S/C19H24N4O2.ClH/c1-12-5-7-14(8-6-12)23-16-4-2-3-15(16)18(22-23)19(25)21-10-13-9-20-11-17(13)24;/h5-8,13,17,20,24H,2-4,9-11H2,1H3,(H,21,25);1H. The quantitative estimate of drug-likeness (QED) is 0.753. The first-order chi connectivity index (χ1) is 12.1. The van der Waals surface area contributed by atoms with E-state index in [2.05, 4.69) is 34.8 Å². The number of carbonyl (C=O) groups excluding carboxylic acids is 1. The van der Waals surface area contributed by atoms with Crippen LogP contribution >= 0.6 is 12.4 Å². The lowest BCUT2D eigenvalue weighted by Crippen LogP contribution is -2.35. The number of nitrogens with one attached hydrogen (secondary N) is 2. The molecule has 0 bridgehead atoms. The van der Waals surface area contributed by atoms with E-state index in [1.54, 1.807) is 0 Å². The van der Waals surface area contributed by atoms with Crippen LogP contribution in [0.5, 0.6) is 0 Å². The number of aliphatic hydroxyl groups excluding tert-OH is 1. The van der Waals surface area contributed by atoms with Crippen LogP contribution in [0.4, 0.5) is 0 Å². The number of nitrogens with zero attached hydrogens (tertiary/aromatic N) is 2. The molecule has 0 saturated carbocycles. The molecule has 7 heteroatoms. The summed E-state index contributed by atoms with van der Waals surface area (Å²) in [5, 5.41) is 20.6. The fourth-order valence-corrected chi connectivity index (χ4v) is 3.75. The van der Waals surface area contributed by atoms with Gasteiger partial charge in [0.05, 0.1) is 11.8 Å². The van der Waals surface area contributed by atoms with Gasteiger partial charge in [0.25, 0.3) is 5.91 Å². The molecular weight excluding hydrogens is 352 g/mol. The van der Waals surface area contributed by atoms with Crippen molar-refractivity contribution in [3.8, 4) is 5.69 Å². The van der Waals surface area contributed by atoms with Crippen LogP contribution in [0.2, 0.25) is 0 Å². The molecule has 4 rings (SSSR count). The molecule has 2 aliphatic rings. The average Bonchev–Trinajstić information content (AvgIpc) is 3.30. The second kappa shape index (κ2) is 7.78. The van der Waals surface area contributed by atoms with Crippen LogP contribution in [0.3, 0.4) is 0 Å². The predicted octanol–water partition coefficient (Wildman–Crippen LogP) is 1.40. The first-order valence-corrected chi connectivity index (χ1v) is 8.98. The Kier molecular flexibility index (Phi) is 5.65. The molecule has 1 saturated heterocycles. The van der Waals surface area contributed by atoms with Gasteiger partial charge >= 0.3 is 0 Å². The van der Waals surface area contributed by atoms with Crippen molar-refractivity contribution in [1.82, 2.24) is 20.4 Å². The maximum atomic E-state index is 12.7. The minimum absolute atomic E-state index is 0. The van der Waals surface area contributed by atoms with Crippen LogP contribution in [0.15, 0.2) is 24.3 Å². The summed E-state index contributed by atoms with van der Waals surface area (Å²) in [5.74, 6) is -0.0701. The number of fused-ring (bicyclic) bond motifs is 1. The van der Waals surface area contributed by atoms with Crippen molar-refractivity contribution in [3.05, 3.63) is 46.8 Å². The van der Waals surface area contributed by atoms with E-state index in [4.69, 9.17) is 0 Å². The van der Waals surface area contributed by atoms with Crippen molar-refractivity contribution in [3.63, 3.8) is 0 Å². The van der Waals surface area contributed by atoms with Crippen LogP contribution in [0.25, 0.3) is 5.69 Å². The minimum Gasteiger partial charge on any atom is -0.391 e. The Morgan fingerprint density at radius 1 is 1.31 bits per heavy atom. The lowest BCUT2D eigenvalue weighted by Gasteiger charge is -2.13. The number of aryl methyl sites for hydroxylation is 1. The Bertz CT molecular complexity index is 788. The largest absolute Gasteiger partial charge is 0.391 e. The third-order valence-electron chi connectivity index (χ3n) is 5.25. The fraction of sp³-hybridized carbons (Fsp3) is 0.474. The van der Waals surface area contributed by atoms with Crippen LogP contribution < -0.4 is 10.6 Å². The lowest BCUT2D eigenvalue weighted by atomic mass is 10.1. The molecule has 0 radical (unpaired) electrons. The SMILES string of the molecule is Cc1ccc(-n2nc(C(=O)NCC3CNCC3O)c3c2CCC3)cc1.Cl. The maximum Gasteiger partial charge on any atom is 0.272 e. The van der Waals surface area contributed by atoms with E-state index >= 15 is 0 Å². The van der Waals surface area contributed by atoms with Crippen molar-refractivity contribution in [2.75, 3.05) is 19.6 Å². The highest BCUT2D eigenvalue weighted by atomic mass is 35.5. The van der Waals surface area contributed by atoms with Gasteiger partial charge in [-0.25, -0.2) is 4.68 Å². The molecule has 1 amide bonds. The molecule has 6 nitrogen and oxygen atoms in total. The summed E-state index contributed by atoms with van der Waals surface area (Å²) in [5.41, 5.74) is 4.96. The third-order valence-corrected chi connectivity index (χ3v) is 5.25. The molecule has 2 heterocycles. The summed E-state index contributed by atoms with van der Waals surface area (Å²) in [6, 6.07) is 8.21. The zero-order valence-corrected chi connectivity index (χ0v) is 15.7. The van der Waals surface area contributed by atoms with Crippen LogP contribution in [0.1, 0.15) is 33.7 Å². The van der Waals surface area contributed by atoms with Crippen molar-refractivity contribution in [1.29, 1.82) is 0 Å². The van der Waals surface area contributed by atoms with E-state index in [0.717, 1.165) is 42.8 Å². The molecule has 2 unspecified atom stereocenters. The number of aliphatic hydroxyl groups is 1. The number of halogens is 1. The summed E-state index contributed by atoms with van der Waals surface area (Å²) >= 11 is 0. The van der Waals surface area contributed by atoms with Crippen LogP contribution in [-0.2, 0) is 12.8 Å². The molecular formula is C19H25ClN4O2. The van der Waals surface area contributed by atoms with E-state index in [1.807, 2.05) is 16.8 Å². The first-order valence-electron chi connectivity index (χ1n) is 8.98. The summed E-state index contributed by atoms with van der Waals surface area (Å²) in [4.78, 5) is 12.7. The zero-order valence-electron chi connectivity index (χ0n) is 14.9. The number of benzene rings is 1. The van der Waals surface area contributed by atoms with Crippen molar-refractivity contribution < 1.29 is 9.90 Å². The van der Waals surface area contributed by atoms with Gasteiger partial charge in [-0.2, -0.15) is 5.10 Å². The van der Waals surface area contributed by atoms with Crippen LogP contribution in [0, 0.1) is 12.8 Å². The Morgan fingerprint density at radius 2 is 2.08 bits per heavy atom. The van der Waals surface area contributed by atoms with E-state index in [9.17, 15) is 9.90 Å². The smallest absolute Gasteiger partial charge is 0.272 e. The number of carbonyl (C=O) groups is 1. The average molecular weight is 377 g/mol. The predicted molar refractivity (Wildman–Crippen MR) is 102 cm³/mol. The zero-order chi connectivity index (χ0) is 17.4. The van der Waals surface area contributed by atoms with Gasteiger partial charge in [0.2, 0.25) is 0 Å². The van der Waals surface area contributed by atoms with Gasteiger partial charge in [-0.05, 0) is 38.3 Å². The van der Waals surface area contributed by atoms with Gasteiger partial charge in [-0.15, -0.1) is 12.4 Å². The van der Waals surface area contributed by atoms with E-state index in [1.165, 1.54) is 5.56 Å². The normalized spacial score (nSPS) is 21.3. The highest BCUT2D eigenvalue weighted by molar-refractivity contribution is 5.94. The van der Waals surface area contributed by atoms with E-state index in [0.29, 0.717) is 18.8 Å². The van der Waals surface area contributed by atoms with Gasteiger partial charge in [-0.1, -0.05) is 17.7 Å². The van der Waals surface area contributed by atoms with Gasteiger partial charge in [0, 0.05) is 36.8 Å². The number of amides is 1. The summed E-state index contributed by atoms with van der Waals surface area (Å²) in [7, 11) is 0. The Labute approximate surface area is 159 Å². The van der Waals surface area contributed by atoms with E-state index in [-0.39, 0.29) is 24.2 Å². The molecule has 0 spiro atoms. The topological polar surface area (TPSA) is 79.2 Å². The van der Waals surface area contributed by atoms with Crippen molar-refractivity contribution in [2.24, 2.45) is 5.92 Å². The number of hydrogen-bond donors (Lipinski definition) is 3. The first kappa shape index (κ1) is 18.9. The molecule has 1 aromatic heterocycles. The molecule has 26 heavy (non-hydrogen) atoms. The molecule has 2 aromatic rings. The minimum atomic E-state index is -0.392. The third kappa shape index (κ3) is 3.49. The molecule has 3 N–H and O–H groups in total. The van der Waals surface area contributed by atoms with Gasteiger partial charge < -0.3 is 15.7 Å². The van der Waals surface area contributed by atoms with Gasteiger partial charge in [0.15, 0.2) is 5.69 Å². The van der Waals surface area contributed by atoms with Gasteiger partial charge in [-0.3, -0.25) is 4.79 Å². The molecule has 1 aliphatic carbocycles.